The van der Waals surface area contributed by atoms with Gasteiger partial charge in [0.2, 0.25) is 0 Å². The number of quaternary nitrogens is 1. The molecule has 44 heavy (non-hydrogen) atoms. The van der Waals surface area contributed by atoms with Gasteiger partial charge in [-0.05, 0) is 50.7 Å². The highest BCUT2D eigenvalue weighted by Crippen LogP contribution is 2.37. The summed E-state index contributed by atoms with van der Waals surface area (Å²) in [5, 5.41) is 31.6. The molecule has 10 nitrogen and oxygen atoms in total. The van der Waals surface area contributed by atoms with Crippen LogP contribution in [0.2, 0.25) is 0 Å². The lowest BCUT2D eigenvalue weighted by Crippen LogP contribution is -3.06. The number of allylic oxidation sites excluding steroid dienone is 2. The first-order valence-corrected chi connectivity index (χ1v) is 16.2. The van der Waals surface area contributed by atoms with Gasteiger partial charge in [0.1, 0.15) is 12.2 Å². The Labute approximate surface area is 264 Å². The summed E-state index contributed by atoms with van der Waals surface area (Å²) in [6, 6.07) is 0. The Kier molecular flexibility index (Phi) is 15.1. The molecule has 252 valence electrons. The molecule has 0 aromatic carbocycles. The molecule has 0 aromatic rings. The van der Waals surface area contributed by atoms with Gasteiger partial charge in [-0.3, -0.25) is 4.79 Å². The maximum Gasteiger partial charge on any atom is 0.410 e. The number of carbonyl (C=O) groups excluding carboxylic acids is 2. The topological polar surface area (TPSA) is 134 Å². The SMILES string of the molecule is CCC(O)C(C)C1OC1CC(C)(O)/C=C/C=C(\C)C1OC(=O)CC(O)CCC(C)C(OC(=O)N(C)CC[NH+](C)C)/C=C/C1C. The van der Waals surface area contributed by atoms with E-state index in [4.69, 9.17) is 14.2 Å². The number of likely N-dealkylation sites (N-methyl/N-ethyl adjacent to an activating group) is 2. The van der Waals surface area contributed by atoms with Gasteiger partial charge in [0, 0.05) is 25.3 Å². The monoisotopic (exact) mass is 623 g/mol. The molecular weight excluding hydrogens is 564 g/mol. The van der Waals surface area contributed by atoms with E-state index in [1.165, 1.54) is 4.90 Å². The van der Waals surface area contributed by atoms with E-state index in [1.54, 1.807) is 31.0 Å². The highest BCUT2D eigenvalue weighted by Gasteiger charge is 2.47. The number of hydrogen-bond acceptors (Lipinski definition) is 8. The van der Waals surface area contributed by atoms with Crippen molar-refractivity contribution < 1.29 is 44.0 Å². The van der Waals surface area contributed by atoms with E-state index in [-0.39, 0.29) is 36.4 Å². The Morgan fingerprint density at radius 2 is 1.95 bits per heavy atom. The lowest BCUT2D eigenvalue weighted by molar-refractivity contribution is -0.857. The van der Waals surface area contributed by atoms with Gasteiger partial charge in [-0.1, -0.05) is 52.0 Å². The maximum atomic E-state index is 12.9. The predicted molar refractivity (Wildman–Crippen MR) is 170 cm³/mol. The van der Waals surface area contributed by atoms with E-state index in [1.807, 2.05) is 66.9 Å². The fourth-order valence-electron chi connectivity index (χ4n) is 5.49. The number of hydrogen-bond donors (Lipinski definition) is 4. The molecule has 0 spiro atoms. The molecule has 1 saturated heterocycles. The average Bonchev–Trinajstić information content (AvgIpc) is 3.71. The molecule has 0 bridgehead atoms. The number of amides is 1. The Balaban J connectivity index is 2.17. The van der Waals surface area contributed by atoms with E-state index < -0.39 is 42.1 Å². The van der Waals surface area contributed by atoms with Crippen molar-refractivity contribution in [1.82, 2.24) is 4.90 Å². The Hall–Kier alpha value is -2.24. The number of aliphatic hydroxyl groups is 3. The van der Waals surface area contributed by atoms with Crippen LogP contribution < -0.4 is 4.90 Å². The summed E-state index contributed by atoms with van der Waals surface area (Å²) in [6.45, 7) is 12.8. The lowest BCUT2D eigenvalue weighted by Gasteiger charge is -2.28. The summed E-state index contributed by atoms with van der Waals surface area (Å²) in [6.07, 6.45) is 7.96. The minimum atomic E-state index is -1.12. The van der Waals surface area contributed by atoms with Gasteiger partial charge < -0.3 is 39.3 Å². The van der Waals surface area contributed by atoms with Crippen molar-refractivity contribution in [3.8, 4) is 0 Å². The Bertz CT molecular complexity index is 1010. The van der Waals surface area contributed by atoms with Crippen molar-refractivity contribution in [2.24, 2.45) is 17.8 Å². The highest BCUT2D eigenvalue weighted by molar-refractivity contribution is 5.70. The summed E-state index contributed by atoms with van der Waals surface area (Å²) in [5.41, 5.74) is -0.359. The third-order valence-corrected chi connectivity index (χ3v) is 8.80. The van der Waals surface area contributed by atoms with Gasteiger partial charge >= 0.3 is 12.1 Å². The second kappa shape index (κ2) is 17.5. The Morgan fingerprint density at radius 1 is 1.27 bits per heavy atom. The van der Waals surface area contributed by atoms with Crippen LogP contribution in [0.15, 0.2) is 36.0 Å². The molecule has 10 unspecified atom stereocenters. The number of nitrogens with zero attached hydrogens (tertiary/aromatic N) is 1. The summed E-state index contributed by atoms with van der Waals surface area (Å²) in [5.74, 6) is -0.792. The standard InChI is InChI=1S/C34H58N2O8/c1-10-27(38)25(5)32-29(42-32)21-34(6,41)17-11-12-23(3)31-24(4)14-16-28(43-33(40)36(9)19-18-35(7)8)22(2)13-15-26(37)20-30(39)44-31/h11-12,14,16-17,22,24-29,31-32,37-38,41H,10,13,15,18-21H2,1-9H3/p+1/b16-14+,17-11+,23-12+. The largest absolute Gasteiger partial charge is 0.457 e. The molecule has 0 radical (unpaired) electrons. The summed E-state index contributed by atoms with van der Waals surface area (Å²) in [7, 11) is 5.78. The van der Waals surface area contributed by atoms with Crippen LogP contribution in [0.5, 0.6) is 0 Å². The number of esters is 1. The second-order valence-corrected chi connectivity index (χ2v) is 13.6. The third kappa shape index (κ3) is 12.6. The zero-order valence-electron chi connectivity index (χ0n) is 28.4. The van der Waals surface area contributed by atoms with Crippen LogP contribution in [0.4, 0.5) is 4.79 Å². The van der Waals surface area contributed by atoms with Crippen molar-refractivity contribution in [3.63, 3.8) is 0 Å². The summed E-state index contributed by atoms with van der Waals surface area (Å²) >= 11 is 0. The molecular formula is C34H59N2O8+. The van der Waals surface area contributed by atoms with Crippen molar-refractivity contribution in [1.29, 1.82) is 0 Å². The van der Waals surface area contributed by atoms with Crippen molar-refractivity contribution >= 4 is 12.1 Å². The first kappa shape index (κ1) is 37.9. The molecule has 4 N–H and O–H groups in total. The predicted octanol–water partition coefficient (Wildman–Crippen LogP) is 2.67. The molecule has 0 saturated carbocycles. The van der Waals surface area contributed by atoms with Gasteiger partial charge in [-0.2, -0.15) is 0 Å². The van der Waals surface area contributed by atoms with E-state index in [2.05, 4.69) is 0 Å². The number of carbonyl (C=O) groups is 2. The van der Waals surface area contributed by atoms with Gasteiger partial charge in [0.05, 0.1) is 63.6 Å². The van der Waals surface area contributed by atoms with Crippen LogP contribution in [0.3, 0.4) is 0 Å². The van der Waals surface area contributed by atoms with Crippen molar-refractivity contribution in [3.05, 3.63) is 36.0 Å². The third-order valence-electron chi connectivity index (χ3n) is 8.80. The van der Waals surface area contributed by atoms with E-state index >= 15 is 0 Å². The zero-order valence-corrected chi connectivity index (χ0v) is 28.4. The van der Waals surface area contributed by atoms with Crippen LogP contribution in [0, 0.1) is 17.8 Å². The van der Waals surface area contributed by atoms with Gasteiger partial charge in [0.15, 0.2) is 0 Å². The zero-order chi connectivity index (χ0) is 33.2. The van der Waals surface area contributed by atoms with Crippen LogP contribution in [-0.4, -0.2) is 109 Å². The van der Waals surface area contributed by atoms with Crippen LogP contribution in [-0.2, 0) is 19.0 Å². The molecule has 2 aliphatic heterocycles. The molecule has 2 heterocycles. The fraction of sp³-hybridized carbons (Fsp3) is 0.765. The molecule has 2 rings (SSSR count). The quantitative estimate of drug-likeness (QED) is 0.113. The van der Waals surface area contributed by atoms with Crippen molar-refractivity contribution in [2.75, 3.05) is 34.2 Å². The van der Waals surface area contributed by atoms with Crippen LogP contribution in [0.1, 0.15) is 73.6 Å². The summed E-state index contributed by atoms with van der Waals surface area (Å²) in [4.78, 5) is 28.4. The molecule has 10 heteroatoms. The first-order valence-electron chi connectivity index (χ1n) is 16.2. The normalized spacial score (nSPS) is 32.2. The maximum absolute atomic E-state index is 12.9. The van der Waals surface area contributed by atoms with Crippen LogP contribution in [0.25, 0.3) is 0 Å². The van der Waals surface area contributed by atoms with Crippen molar-refractivity contribution in [2.45, 2.75) is 116 Å². The first-order chi connectivity index (χ1) is 20.5. The molecule has 10 atom stereocenters. The minimum absolute atomic E-state index is 0.00625. The average molecular weight is 624 g/mol. The Morgan fingerprint density at radius 3 is 2.59 bits per heavy atom. The summed E-state index contributed by atoms with van der Waals surface area (Å²) < 4.78 is 17.5. The molecule has 2 aliphatic rings. The smallest absolute Gasteiger partial charge is 0.410 e. The molecule has 0 aromatic heterocycles. The number of nitrogens with one attached hydrogen (secondary N) is 1. The number of rotatable bonds is 12. The number of aliphatic hydroxyl groups excluding tert-OH is 2. The van der Waals surface area contributed by atoms with Gasteiger partial charge in [-0.25, -0.2) is 4.79 Å². The second-order valence-electron chi connectivity index (χ2n) is 13.6. The van der Waals surface area contributed by atoms with Crippen LogP contribution >= 0.6 is 0 Å². The lowest BCUT2D eigenvalue weighted by atomic mass is 9.91. The molecule has 1 fully saturated rings. The number of cyclic esters (lactones) is 1. The minimum Gasteiger partial charge on any atom is -0.457 e. The molecule has 1 amide bonds. The number of epoxide rings is 1. The van der Waals surface area contributed by atoms with E-state index in [9.17, 15) is 24.9 Å². The fourth-order valence-corrected chi connectivity index (χ4v) is 5.49. The van der Waals surface area contributed by atoms with Gasteiger partial charge in [-0.15, -0.1) is 0 Å². The van der Waals surface area contributed by atoms with E-state index in [0.29, 0.717) is 32.2 Å². The van der Waals surface area contributed by atoms with Gasteiger partial charge in [0.25, 0.3) is 0 Å². The molecule has 0 aliphatic carbocycles. The highest BCUT2D eigenvalue weighted by atomic mass is 16.6. The van der Waals surface area contributed by atoms with E-state index in [0.717, 1.165) is 12.1 Å². The number of ether oxygens (including phenoxy) is 3.